The number of hydrogen-bond donors (Lipinski definition) is 2. The maximum Gasteiger partial charge on any atom is 0.330 e. The van der Waals surface area contributed by atoms with Gasteiger partial charge in [-0.25, -0.2) is 4.79 Å². The Bertz CT molecular complexity index is 972. The maximum absolute atomic E-state index is 12.6. The molecule has 0 radical (unpaired) electrons. The number of nitrogen functional groups attached to an aromatic ring is 1. The smallest absolute Gasteiger partial charge is 0.330 e. The summed E-state index contributed by atoms with van der Waals surface area (Å²) < 4.78 is 7.18. The molecule has 2 aromatic rings. The van der Waals surface area contributed by atoms with Crippen molar-refractivity contribution < 1.29 is 4.74 Å². The first kappa shape index (κ1) is 22.1. The van der Waals surface area contributed by atoms with Gasteiger partial charge in [0, 0.05) is 13.1 Å². The molecule has 0 unspecified atom stereocenters. The minimum atomic E-state index is -0.495. The molecule has 2 rings (SSSR count). The third kappa shape index (κ3) is 5.88. The Labute approximate surface area is 170 Å². The minimum Gasteiger partial charge on any atom is -0.492 e. The largest absolute Gasteiger partial charge is 0.492 e. The average Bonchev–Trinajstić information content (AvgIpc) is 2.68. The Balaban J connectivity index is 2.26. The van der Waals surface area contributed by atoms with Crippen molar-refractivity contribution >= 4 is 11.5 Å². The molecule has 0 bridgehead atoms. The van der Waals surface area contributed by atoms with E-state index in [0.29, 0.717) is 43.2 Å². The van der Waals surface area contributed by atoms with Crippen LogP contribution in [0.15, 0.2) is 33.9 Å². The molecular weight excluding hydrogens is 370 g/mol. The van der Waals surface area contributed by atoms with E-state index in [4.69, 9.17) is 15.7 Å². The number of aromatic nitrogens is 2. The maximum atomic E-state index is 12.6. The first-order valence-corrected chi connectivity index (χ1v) is 9.87. The van der Waals surface area contributed by atoms with Crippen molar-refractivity contribution in [3.63, 3.8) is 0 Å². The van der Waals surface area contributed by atoms with E-state index in [1.165, 1.54) is 4.57 Å². The summed E-state index contributed by atoms with van der Waals surface area (Å²) in [5.74, 6) is 0.967. The van der Waals surface area contributed by atoms with Gasteiger partial charge in [-0.15, -0.1) is 0 Å². The molecule has 8 heteroatoms. The SMILES string of the molecule is CCCCN(CCOc1cccc(C#N)c1)c1c(N)n(CC(C)C)c(=O)[nH]c1=O. The number of rotatable bonds is 10. The zero-order chi connectivity index (χ0) is 21.4. The van der Waals surface area contributed by atoms with Crippen LogP contribution in [-0.2, 0) is 6.54 Å². The number of ether oxygens (including phenoxy) is 1. The van der Waals surface area contributed by atoms with Crippen LogP contribution in [0, 0.1) is 17.2 Å². The molecule has 0 aliphatic heterocycles. The van der Waals surface area contributed by atoms with Gasteiger partial charge in [0.1, 0.15) is 23.9 Å². The molecule has 156 valence electrons. The van der Waals surface area contributed by atoms with Crippen molar-refractivity contribution in [2.24, 2.45) is 5.92 Å². The number of benzene rings is 1. The molecule has 0 aliphatic carbocycles. The lowest BCUT2D eigenvalue weighted by atomic mass is 10.2. The van der Waals surface area contributed by atoms with Gasteiger partial charge < -0.3 is 15.4 Å². The van der Waals surface area contributed by atoms with Crippen LogP contribution in [0.1, 0.15) is 39.2 Å². The van der Waals surface area contributed by atoms with Crippen molar-refractivity contribution in [1.82, 2.24) is 9.55 Å². The molecule has 0 fully saturated rings. The summed E-state index contributed by atoms with van der Waals surface area (Å²) in [4.78, 5) is 29.0. The summed E-state index contributed by atoms with van der Waals surface area (Å²) in [7, 11) is 0. The highest BCUT2D eigenvalue weighted by Crippen LogP contribution is 2.19. The molecule has 0 saturated heterocycles. The summed E-state index contributed by atoms with van der Waals surface area (Å²) in [6, 6.07) is 8.99. The van der Waals surface area contributed by atoms with E-state index < -0.39 is 11.2 Å². The van der Waals surface area contributed by atoms with Crippen LogP contribution in [0.5, 0.6) is 5.75 Å². The van der Waals surface area contributed by atoms with E-state index in [0.717, 1.165) is 12.8 Å². The molecule has 3 N–H and O–H groups in total. The first-order chi connectivity index (χ1) is 13.9. The molecule has 29 heavy (non-hydrogen) atoms. The van der Waals surface area contributed by atoms with Crippen LogP contribution in [0.2, 0.25) is 0 Å². The van der Waals surface area contributed by atoms with Crippen molar-refractivity contribution in [2.75, 3.05) is 30.3 Å². The van der Waals surface area contributed by atoms with E-state index >= 15 is 0 Å². The lowest BCUT2D eigenvalue weighted by Gasteiger charge is -2.26. The van der Waals surface area contributed by atoms with Crippen LogP contribution in [-0.4, -0.2) is 29.2 Å². The Hall–Kier alpha value is -3.21. The highest BCUT2D eigenvalue weighted by molar-refractivity contribution is 5.62. The third-order valence-corrected chi connectivity index (χ3v) is 4.45. The van der Waals surface area contributed by atoms with Crippen molar-refractivity contribution in [3.8, 4) is 11.8 Å². The molecule has 0 amide bonds. The molecule has 1 heterocycles. The number of nitrogens with zero attached hydrogens (tertiary/aromatic N) is 3. The summed E-state index contributed by atoms with van der Waals surface area (Å²) in [5.41, 5.74) is 6.08. The topological polar surface area (TPSA) is 117 Å². The van der Waals surface area contributed by atoms with Crippen LogP contribution >= 0.6 is 0 Å². The van der Waals surface area contributed by atoms with E-state index in [2.05, 4.69) is 18.0 Å². The van der Waals surface area contributed by atoms with E-state index in [1.807, 2.05) is 18.7 Å². The average molecular weight is 399 g/mol. The zero-order valence-corrected chi connectivity index (χ0v) is 17.3. The molecule has 1 aromatic heterocycles. The normalized spacial score (nSPS) is 10.7. The van der Waals surface area contributed by atoms with Crippen LogP contribution in [0.25, 0.3) is 0 Å². The van der Waals surface area contributed by atoms with E-state index in [-0.39, 0.29) is 11.7 Å². The number of nitrogens with two attached hydrogens (primary N) is 1. The Morgan fingerprint density at radius 2 is 2.07 bits per heavy atom. The molecule has 0 saturated carbocycles. The highest BCUT2D eigenvalue weighted by Gasteiger charge is 2.19. The zero-order valence-electron chi connectivity index (χ0n) is 17.3. The quantitative estimate of drug-likeness (QED) is 0.633. The summed E-state index contributed by atoms with van der Waals surface area (Å²) in [6.45, 7) is 7.79. The number of aromatic amines is 1. The van der Waals surface area contributed by atoms with Gasteiger partial charge in [0.15, 0.2) is 0 Å². The number of unbranched alkanes of at least 4 members (excludes halogenated alkanes) is 1. The highest BCUT2D eigenvalue weighted by atomic mass is 16.5. The van der Waals surface area contributed by atoms with Crippen molar-refractivity contribution in [1.29, 1.82) is 5.26 Å². The summed E-state index contributed by atoms with van der Waals surface area (Å²) >= 11 is 0. The van der Waals surface area contributed by atoms with Gasteiger partial charge >= 0.3 is 5.69 Å². The molecular formula is C21H29N5O3. The number of hydrogen-bond acceptors (Lipinski definition) is 6. The second kappa shape index (κ2) is 10.4. The van der Waals surface area contributed by atoms with Crippen molar-refractivity contribution in [3.05, 3.63) is 50.7 Å². The van der Waals surface area contributed by atoms with Gasteiger partial charge in [-0.2, -0.15) is 5.26 Å². The Morgan fingerprint density at radius 1 is 1.31 bits per heavy atom. The Kier molecular flexibility index (Phi) is 7.89. The Morgan fingerprint density at radius 3 is 2.72 bits per heavy atom. The summed E-state index contributed by atoms with van der Waals surface area (Å²) in [6.07, 6.45) is 1.82. The fraction of sp³-hybridized carbons (Fsp3) is 0.476. The fourth-order valence-corrected chi connectivity index (χ4v) is 3.04. The number of anilines is 2. The van der Waals surface area contributed by atoms with Gasteiger partial charge in [0.25, 0.3) is 5.56 Å². The number of nitriles is 1. The standard InChI is InChI=1S/C21H29N5O3/c1-4-5-9-25(10-11-29-17-8-6-7-16(12-17)13-22)18-19(23)26(14-15(2)3)21(28)24-20(18)27/h6-8,12,15H,4-5,9-11,14,23H2,1-3H3,(H,24,27,28). The van der Waals surface area contributed by atoms with E-state index in [1.54, 1.807) is 24.3 Å². The predicted octanol–water partition coefficient (Wildman–Crippen LogP) is 2.33. The number of H-pyrrole nitrogens is 1. The molecule has 0 spiro atoms. The molecule has 8 nitrogen and oxygen atoms in total. The van der Waals surface area contributed by atoms with Gasteiger partial charge in [-0.1, -0.05) is 33.3 Å². The van der Waals surface area contributed by atoms with Gasteiger partial charge in [0.05, 0.1) is 18.2 Å². The second-order valence-corrected chi connectivity index (χ2v) is 7.33. The van der Waals surface area contributed by atoms with Crippen LogP contribution in [0.3, 0.4) is 0 Å². The molecule has 0 aliphatic rings. The monoisotopic (exact) mass is 399 g/mol. The second-order valence-electron chi connectivity index (χ2n) is 7.33. The predicted molar refractivity (Wildman–Crippen MR) is 114 cm³/mol. The third-order valence-electron chi connectivity index (χ3n) is 4.45. The van der Waals surface area contributed by atoms with Crippen molar-refractivity contribution in [2.45, 2.75) is 40.2 Å². The summed E-state index contributed by atoms with van der Waals surface area (Å²) in [5, 5.41) is 9.00. The first-order valence-electron chi connectivity index (χ1n) is 9.87. The van der Waals surface area contributed by atoms with Gasteiger partial charge in [-0.05, 0) is 30.5 Å². The number of nitrogens with one attached hydrogen (secondary N) is 1. The lowest BCUT2D eigenvalue weighted by molar-refractivity contribution is 0.323. The van der Waals surface area contributed by atoms with Crippen LogP contribution < -0.4 is 26.6 Å². The van der Waals surface area contributed by atoms with Crippen LogP contribution in [0.4, 0.5) is 11.5 Å². The molecule has 0 atom stereocenters. The van der Waals surface area contributed by atoms with Gasteiger partial charge in [-0.3, -0.25) is 14.3 Å². The molecule has 1 aromatic carbocycles. The minimum absolute atomic E-state index is 0.176. The van der Waals surface area contributed by atoms with Gasteiger partial charge in [0.2, 0.25) is 0 Å². The van der Waals surface area contributed by atoms with E-state index in [9.17, 15) is 9.59 Å². The lowest BCUT2D eigenvalue weighted by Crippen LogP contribution is -2.40. The fourth-order valence-electron chi connectivity index (χ4n) is 3.04.